The van der Waals surface area contributed by atoms with Crippen LogP contribution in [0.15, 0.2) is 23.8 Å². The molecule has 1 aliphatic heterocycles. The Morgan fingerprint density at radius 1 is 0.725 bits per heavy atom. The van der Waals surface area contributed by atoms with Crippen molar-refractivity contribution in [3.63, 3.8) is 0 Å². The highest BCUT2D eigenvalue weighted by Gasteiger charge is 2.59. The molecule has 3 unspecified atom stereocenters. The number of likely N-dealkylation sites (tertiary alicyclic amines) is 1. The first-order chi connectivity index (χ1) is 33.5. The third-order valence-corrected chi connectivity index (χ3v) is 18.2. The average molecular weight is 967 g/mol. The molecule has 1 heterocycles. The lowest BCUT2D eigenvalue weighted by Crippen LogP contribution is -2.51. The third kappa shape index (κ3) is 19.9. The molecule has 0 aromatic rings. The number of esters is 2. The average Bonchev–Trinajstić information content (AvgIpc) is 3.70. The fourth-order valence-corrected chi connectivity index (χ4v) is 14.1. The standard InChI is InChI=1S/C61H107NO7/c1-7-8-9-10-11-12-13-14-15-16-17-18-19-20-21-25-42-65-48-66-47-53(46-62-40-23-22-24-41-62)67-43-27-44-68-58(63)34-35-59(64)69-52-36-38-60(5)51(45-52)30-31-54-56-33-32-55(50(4)29-26-28-49(2)3)61(56,6)39-37-57(54)60/h14-15,30,49-50,52-57H,7-13,16-29,31-48H2,1-6H3/b15-14-/t50-,52-,53?,54?,55?,56+,57-,60-,61+/m0/s1. The second kappa shape index (κ2) is 32.4. The lowest BCUT2D eigenvalue weighted by Gasteiger charge is -2.58. The summed E-state index contributed by atoms with van der Waals surface area (Å²) in [5.41, 5.74) is 2.25. The van der Waals surface area contributed by atoms with Crippen LogP contribution in [0, 0.1) is 46.3 Å². The van der Waals surface area contributed by atoms with E-state index in [0.29, 0.717) is 31.8 Å². The van der Waals surface area contributed by atoms with Crippen molar-refractivity contribution in [1.82, 2.24) is 4.90 Å². The van der Waals surface area contributed by atoms with Crippen molar-refractivity contribution in [2.75, 3.05) is 52.9 Å². The molecule has 0 aromatic heterocycles. The lowest BCUT2D eigenvalue weighted by molar-refractivity contribution is -0.155. The maximum Gasteiger partial charge on any atom is 0.306 e. The Balaban J connectivity index is 0.890. The van der Waals surface area contributed by atoms with Gasteiger partial charge in [0.1, 0.15) is 12.9 Å². The summed E-state index contributed by atoms with van der Waals surface area (Å²) in [5, 5.41) is 0. The Morgan fingerprint density at radius 2 is 1.43 bits per heavy atom. The molecule has 3 saturated carbocycles. The first kappa shape index (κ1) is 58.2. The van der Waals surface area contributed by atoms with Gasteiger partial charge in [0, 0.05) is 26.0 Å². The fraction of sp³-hybridized carbons (Fsp3) is 0.902. The van der Waals surface area contributed by atoms with E-state index in [-0.39, 0.29) is 49.0 Å². The molecule has 0 spiro atoms. The van der Waals surface area contributed by atoms with Crippen LogP contribution >= 0.6 is 0 Å². The van der Waals surface area contributed by atoms with Crippen LogP contribution in [0.1, 0.15) is 241 Å². The molecule has 8 heteroatoms. The van der Waals surface area contributed by atoms with Gasteiger partial charge in [0.2, 0.25) is 0 Å². The summed E-state index contributed by atoms with van der Waals surface area (Å²) in [4.78, 5) is 28.2. The summed E-state index contributed by atoms with van der Waals surface area (Å²) < 4.78 is 29.6. The Bertz CT molecular complexity index is 1470. The molecule has 4 fully saturated rings. The molecule has 4 aliphatic carbocycles. The highest BCUT2D eigenvalue weighted by molar-refractivity contribution is 5.77. The molecule has 0 amide bonds. The second-order valence-electron chi connectivity index (χ2n) is 23.9. The van der Waals surface area contributed by atoms with E-state index in [9.17, 15) is 9.59 Å². The van der Waals surface area contributed by atoms with E-state index in [2.05, 4.69) is 64.7 Å². The van der Waals surface area contributed by atoms with Crippen LogP contribution < -0.4 is 0 Å². The summed E-state index contributed by atoms with van der Waals surface area (Å²) in [5.74, 6) is 4.28. The predicted molar refractivity (Wildman–Crippen MR) is 284 cm³/mol. The van der Waals surface area contributed by atoms with E-state index in [4.69, 9.17) is 23.7 Å². The SMILES string of the molecule is CCCCCCCC/C=C\CCCCCCCCOCOCC(CN1CCCCC1)OCCCOC(=O)CCC(=O)O[C@H]1CC[C@@]2(C)C(=CCC3[C@H]4CCC([C@@H](C)CCCC(C)C)[C@@]4(C)CC[C@@H]32)C1. The molecule has 69 heavy (non-hydrogen) atoms. The Hall–Kier alpha value is -1.74. The van der Waals surface area contributed by atoms with Crippen LogP contribution in [0.25, 0.3) is 0 Å². The minimum absolute atomic E-state index is 0.0523. The molecular formula is C61H107NO7. The van der Waals surface area contributed by atoms with Crippen molar-refractivity contribution >= 4 is 11.9 Å². The first-order valence-corrected chi connectivity index (χ1v) is 29.7. The van der Waals surface area contributed by atoms with Crippen molar-refractivity contribution in [2.24, 2.45) is 46.3 Å². The number of fused-ring (bicyclic) bond motifs is 5. The number of piperidine rings is 1. The molecule has 0 radical (unpaired) electrons. The predicted octanol–water partition coefficient (Wildman–Crippen LogP) is 15.6. The molecule has 398 valence electrons. The number of ether oxygens (including phenoxy) is 5. The number of nitrogens with zero attached hydrogens (tertiary/aromatic N) is 1. The van der Waals surface area contributed by atoms with Crippen molar-refractivity contribution in [2.45, 2.75) is 253 Å². The Morgan fingerprint density at radius 3 is 2.17 bits per heavy atom. The summed E-state index contributed by atoms with van der Waals surface area (Å²) >= 11 is 0. The van der Waals surface area contributed by atoms with Crippen molar-refractivity contribution in [1.29, 1.82) is 0 Å². The van der Waals surface area contributed by atoms with Crippen LogP contribution in [-0.4, -0.2) is 81.9 Å². The van der Waals surface area contributed by atoms with Crippen molar-refractivity contribution in [3.05, 3.63) is 23.8 Å². The fourth-order valence-electron chi connectivity index (χ4n) is 14.1. The number of carbonyl (C=O) groups excluding carboxylic acids is 2. The molecule has 5 rings (SSSR count). The number of unbranched alkanes of at least 4 members (excludes halogenated alkanes) is 12. The minimum atomic E-state index is -0.347. The maximum atomic E-state index is 13.0. The zero-order chi connectivity index (χ0) is 49.2. The number of hydrogen-bond donors (Lipinski definition) is 0. The maximum absolute atomic E-state index is 13.0. The first-order valence-electron chi connectivity index (χ1n) is 29.7. The van der Waals surface area contributed by atoms with Gasteiger partial charge in [-0.3, -0.25) is 9.59 Å². The van der Waals surface area contributed by atoms with Gasteiger partial charge in [-0.1, -0.05) is 149 Å². The minimum Gasteiger partial charge on any atom is -0.466 e. The summed E-state index contributed by atoms with van der Waals surface area (Å²) in [6, 6.07) is 0. The van der Waals surface area contributed by atoms with Crippen LogP contribution in [0.4, 0.5) is 0 Å². The van der Waals surface area contributed by atoms with E-state index < -0.39 is 0 Å². The molecule has 1 saturated heterocycles. The zero-order valence-corrected chi connectivity index (χ0v) is 45.7. The number of rotatable bonds is 36. The van der Waals surface area contributed by atoms with Crippen molar-refractivity contribution < 1.29 is 33.3 Å². The highest BCUT2D eigenvalue weighted by atomic mass is 16.7. The lowest BCUT2D eigenvalue weighted by atomic mass is 9.47. The monoisotopic (exact) mass is 966 g/mol. The Labute approximate surface area is 424 Å². The van der Waals surface area contributed by atoms with Gasteiger partial charge in [-0.15, -0.1) is 0 Å². The zero-order valence-electron chi connectivity index (χ0n) is 45.7. The van der Waals surface area contributed by atoms with Gasteiger partial charge in [-0.05, 0) is 149 Å². The van der Waals surface area contributed by atoms with Crippen LogP contribution in [0.5, 0.6) is 0 Å². The Kier molecular flexibility index (Phi) is 27.3. The smallest absolute Gasteiger partial charge is 0.306 e. The van der Waals surface area contributed by atoms with Gasteiger partial charge in [0.15, 0.2) is 0 Å². The summed E-state index contributed by atoms with van der Waals surface area (Å²) in [7, 11) is 0. The number of carbonyl (C=O) groups is 2. The van der Waals surface area contributed by atoms with Gasteiger partial charge in [0.25, 0.3) is 0 Å². The normalized spacial score (nSPS) is 28.0. The van der Waals surface area contributed by atoms with Gasteiger partial charge >= 0.3 is 11.9 Å². The van der Waals surface area contributed by atoms with Gasteiger partial charge < -0.3 is 28.6 Å². The van der Waals surface area contributed by atoms with Gasteiger partial charge in [-0.2, -0.15) is 0 Å². The van der Waals surface area contributed by atoms with E-state index in [1.54, 1.807) is 0 Å². The van der Waals surface area contributed by atoms with Crippen LogP contribution in [0.3, 0.4) is 0 Å². The van der Waals surface area contributed by atoms with Crippen LogP contribution in [0.2, 0.25) is 0 Å². The second-order valence-corrected chi connectivity index (χ2v) is 23.9. The molecule has 8 nitrogen and oxygen atoms in total. The van der Waals surface area contributed by atoms with Crippen LogP contribution in [-0.2, 0) is 33.3 Å². The number of allylic oxidation sites excluding steroid dienone is 3. The summed E-state index contributed by atoms with van der Waals surface area (Å²) in [6.45, 7) is 20.1. The van der Waals surface area contributed by atoms with E-state index in [1.807, 2.05) is 0 Å². The molecule has 0 aromatic carbocycles. The molecular weight excluding hydrogens is 859 g/mol. The van der Waals surface area contributed by atoms with E-state index >= 15 is 0 Å². The van der Waals surface area contributed by atoms with Crippen molar-refractivity contribution in [3.8, 4) is 0 Å². The molecule has 5 aliphatic rings. The van der Waals surface area contributed by atoms with E-state index in [0.717, 1.165) is 87.4 Å². The van der Waals surface area contributed by atoms with Gasteiger partial charge in [-0.25, -0.2) is 0 Å². The third-order valence-electron chi connectivity index (χ3n) is 18.2. The molecule has 0 bridgehead atoms. The quantitative estimate of drug-likeness (QED) is 0.0266. The molecule has 9 atom stereocenters. The van der Waals surface area contributed by atoms with Gasteiger partial charge in [0.05, 0.1) is 38.8 Å². The molecule has 0 N–H and O–H groups in total. The van der Waals surface area contributed by atoms with E-state index in [1.165, 1.54) is 160 Å². The number of hydrogen-bond acceptors (Lipinski definition) is 8. The highest BCUT2D eigenvalue weighted by Crippen LogP contribution is 2.67. The summed E-state index contributed by atoms with van der Waals surface area (Å²) in [6.07, 6.45) is 43.7. The largest absolute Gasteiger partial charge is 0.466 e. The topological polar surface area (TPSA) is 83.5 Å².